The Labute approximate surface area is 201 Å². The van der Waals surface area contributed by atoms with Crippen molar-refractivity contribution in [3.8, 4) is 0 Å². The summed E-state index contributed by atoms with van der Waals surface area (Å²) < 4.78 is 26.8. The third-order valence-electron chi connectivity index (χ3n) is 6.88. The molecule has 2 bridgehead atoms. The summed E-state index contributed by atoms with van der Waals surface area (Å²) in [5, 5.41) is 4.18. The summed E-state index contributed by atoms with van der Waals surface area (Å²) in [6.07, 6.45) is 2.65. The number of benzene rings is 3. The van der Waals surface area contributed by atoms with Gasteiger partial charge in [0.2, 0.25) is 15.9 Å². The van der Waals surface area contributed by atoms with Crippen molar-refractivity contribution < 1.29 is 13.2 Å². The Morgan fingerprint density at radius 1 is 0.853 bits per heavy atom. The molecule has 3 aromatic rings. The number of carbonyl (C=O) groups excluding carboxylic acids is 1. The van der Waals surface area contributed by atoms with E-state index >= 15 is 0 Å². The second-order valence-corrected chi connectivity index (χ2v) is 10.6. The lowest BCUT2D eigenvalue weighted by Crippen LogP contribution is -2.40. The fourth-order valence-corrected chi connectivity index (χ4v) is 6.20. The summed E-state index contributed by atoms with van der Waals surface area (Å²) in [6.45, 7) is 0.652. The Morgan fingerprint density at radius 2 is 1.44 bits per heavy atom. The van der Waals surface area contributed by atoms with E-state index in [1.54, 1.807) is 0 Å². The van der Waals surface area contributed by atoms with Gasteiger partial charge in [-0.2, -0.15) is 0 Å². The van der Waals surface area contributed by atoms with Crippen LogP contribution in [0.5, 0.6) is 0 Å². The van der Waals surface area contributed by atoms with Crippen LogP contribution in [0.3, 0.4) is 0 Å². The molecule has 6 heteroatoms. The quantitative estimate of drug-likeness (QED) is 0.511. The van der Waals surface area contributed by atoms with Gasteiger partial charge in [-0.1, -0.05) is 78.9 Å². The first-order valence-corrected chi connectivity index (χ1v) is 13.2. The molecule has 0 saturated heterocycles. The molecular formula is C28H28N2O3S. The van der Waals surface area contributed by atoms with Crippen molar-refractivity contribution in [3.63, 3.8) is 0 Å². The van der Waals surface area contributed by atoms with Crippen molar-refractivity contribution >= 4 is 22.0 Å². The topological polar surface area (TPSA) is 75.3 Å². The molecule has 0 radical (unpaired) electrons. The Hall–Kier alpha value is -3.22. The highest BCUT2D eigenvalue weighted by Crippen LogP contribution is 2.55. The van der Waals surface area contributed by atoms with Crippen molar-refractivity contribution in [1.82, 2.24) is 10.0 Å². The monoisotopic (exact) mass is 472 g/mol. The highest BCUT2D eigenvalue weighted by atomic mass is 32.2. The van der Waals surface area contributed by atoms with E-state index in [2.05, 4.69) is 58.6 Å². The number of amides is 1. The maximum Gasteiger partial charge on any atom is 0.233 e. The largest absolute Gasteiger partial charge is 0.356 e. The van der Waals surface area contributed by atoms with E-state index in [-0.39, 0.29) is 24.8 Å². The van der Waals surface area contributed by atoms with E-state index in [1.807, 2.05) is 30.3 Å². The normalized spacial score (nSPS) is 20.6. The standard InChI is InChI=1S/C28H28N2O3S/c31-27(14-16-30-34(32,33)17-15-20-8-2-1-3-9-20)29-19-21-18-26-22-10-4-6-12-24(22)28(21)25-13-7-5-11-23(25)26/h1-13,15,17,21,26,28,30H,14,16,18-19H2,(H,29,31)/b17-15+/t21-,26?,28?/m1/s1. The Morgan fingerprint density at radius 3 is 2.09 bits per heavy atom. The van der Waals surface area contributed by atoms with E-state index in [4.69, 9.17) is 0 Å². The van der Waals surface area contributed by atoms with Crippen molar-refractivity contribution in [2.75, 3.05) is 13.1 Å². The van der Waals surface area contributed by atoms with Crippen LogP contribution in [0.4, 0.5) is 0 Å². The smallest absolute Gasteiger partial charge is 0.233 e. The van der Waals surface area contributed by atoms with Gasteiger partial charge in [0.05, 0.1) is 0 Å². The molecule has 3 aliphatic carbocycles. The van der Waals surface area contributed by atoms with Crippen molar-refractivity contribution in [3.05, 3.63) is 112 Å². The Kier molecular flexibility index (Phi) is 6.35. The van der Waals surface area contributed by atoms with E-state index in [0.29, 0.717) is 18.4 Å². The molecule has 0 unspecified atom stereocenters. The molecule has 1 atom stereocenters. The van der Waals surface area contributed by atoms with Crippen molar-refractivity contribution in [1.29, 1.82) is 0 Å². The van der Waals surface area contributed by atoms with E-state index in [1.165, 1.54) is 28.3 Å². The second kappa shape index (κ2) is 9.57. The van der Waals surface area contributed by atoms with Crippen LogP contribution in [0, 0.1) is 5.92 Å². The molecule has 6 rings (SSSR count). The summed E-state index contributed by atoms with van der Waals surface area (Å²) in [4.78, 5) is 12.5. The summed E-state index contributed by atoms with van der Waals surface area (Å²) in [5.74, 6) is 0.823. The highest BCUT2D eigenvalue weighted by Gasteiger charge is 2.42. The van der Waals surface area contributed by atoms with E-state index < -0.39 is 10.0 Å². The number of hydrogen-bond donors (Lipinski definition) is 2. The van der Waals surface area contributed by atoms with Gasteiger partial charge in [0, 0.05) is 36.8 Å². The number of nitrogens with one attached hydrogen (secondary N) is 2. The molecule has 3 aliphatic rings. The molecule has 34 heavy (non-hydrogen) atoms. The molecule has 174 valence electrons. The molecule has 3 aromatic carbocycles. The summed E-state index contributed by atoms with van der Waals surface area (Å²) in [5.41, 5.74) is 6.36. The zero-order valence-corrected chi connectivity index (χ0v) is 19.7. The van der Waals surface area contributed by atoms with Crippen LogP contribution in [0.25, 0.3) is 6.08 Å². The Balaban J connectivity index is 1.16. The van der Waals surface area contributed by atoms with Gasteiger partial charge in [-0.25, -0.2) is 13.1 Å². The van der Waals surface area contributed by atoms with Gasteiger partial charge < -0.3 is 5.32 Å². The third kappa shape index (κ3) is 4.69. The zero-order chi connectivity index (χ0) is 23.5. The van der Waals surface area contributed by atoms with Crippen LogP contribution < -0.4 is 10.0 Å². The summed E-state index contributed by atoms with van der Waals surface area (Å²) in [6, 6.07) is 26.5. The van der Waals surface area contributed by atoms with Crippen LogP contribution in [0.15, 0.2) is 84.3 Å². The van der Waals surface area contributed by atoms with Gasteiger partial charge in [0.25, 0.3) is 0 Å². The van der Waals surface area contributed by atoms with Gasteiger partial charge in [0.15, 0.2) is 0 Å². The van der Waals surface area contributed by atoms with Crippen molar-refractivity contribution in [2.45, 2.75) is 24.7 Å². The number of rotatable bonds is 8. The number of fused-ring (bicyclic) bond motifs is 1. The lowest BCUT2D eigenvalue weighted by molar-refractivity contribution is -0.121. The molecule has 0 heterocycles. The van der Waals surface area contributed by atoms with Crippen LogP contribution in [-0.2, 0) is 14.8 Å². The lowest BCUT2D eigenvalue weighted by Gasteiger charge is -2.45. The molecule has 5 nitrogen and oxygen atoms in total. The maximum atomic E-state index is 12.5. The van der Waals surface area contributed by atoms with Crippen LogP contribution in [0.2, 0.25) is 0 Å². The molecule has 0 saturated carbocycles. The first kappa shape index (κ1) is 22.6. The molecule has 1 amide bonds. The average molecular weight is 473 g/mol. The minimum Gasteiger partial charge on any atom is -0.356 e. The highest BCUT2D eigenvalue weighted by molar-refractivity contribution is 7.92. The van der Waals surface area contributed by atoms with Crippen molar-refractivity contribution in [2.24, 2.45) is 5.92 Å². The SMILES string of the molecule is O=C(CCNS(=O)(=O)/C=C/c1ccccc1)NC[C@H]1CC2c3ccccc3C1c1ccccc12. The van der Waals surface area contributed by atoms with Gasteiger partial charge >= 0.3 is 0 Å². The van der Waals surface area contributed by atoms with Gasteiger partial charge in [-0.05, 0) is 46.2 Å². The van der Waals surface area contributed by atoms with Crippen LogP contribution >= 0.6 is 0 Å². The maximum absolute atomic E-state index is 12.5. The van der Waals surface area contributed by atoms with E-state index in [9.17, 15) is 13.2 Å². The first-order chi connectivity index (χ1) is 16.5. The molecule has 2 N–H and O–H groups in total. The molecule has 0 aliphatic heterocycles. The number of hydrogen-bond acceptors (Lipinski definition) is 3. The molecule has 0 fully saturated rings. The molecule has 0 aromatic heterocycles. The fraction of sp³-hybridized carbons (Fsp3) is 0.250. The first-order valence-electron chi connectivity index (χ1n) is 11.7. The zero-order valence-electron chi connectivity index (χ0n) is 18.9. The predicted molar refractivity (Wildman–Crippen MR) is 135 cm³/mol. The average Bonchev–Trinajstić information content (AvgIpc) is 2.87. The lowest BCUT2D eigenvalue weighted by atomic mass is 9.59. The fourth-order valence-electron chi connectivity index (χ4n) is 5.38. The minimum absolute atomic E-state index is 0.0652. The van der Waals surface area contributed by atoms with Gasteiger partial charge in [-0.15, -0.1) is 0 Å². The summed E-state index contributed by atoms with van der Waals surface area (Å²) in [7, 11) is -3.60. The predicted octanol–water partition coefficient (Wildman–Crippen LogP) is 4.38. The number of sulfonamides is 1. The number of carbonyl (C=O) groups is 1. The van der Waals surface area contributed by atoms with Crippen LogP contribution in [0.1, 0.15) is 52.5 Å². The second-order valence-electron chi connectivity index (χ2n) is 8.99. The van der Waals surface area contributed by atoms with Gasteiger partial charge in [0.1, 0.15) is 0 Å². The Bertz CT molecular complexity index is 1270. The van der Waals surface area contributed by atoms with Crippen LogP contribution in [-0.4, -0.2) is 27.4 Å². The van der Waals surface area contributed by atoms with Gasteiger partial charge in [-0.3, -0.25) is 4.79 Å². The summed E-state index contributed by atoms with van der Waals surface area (Å²) >= 11 is 0. The minimum atomic E-state index is -3.60. The molecule has 0 spiro atoms. The third-order valence-corrected chi connectivity index (χ3v) is 7.98. The van der Waals surface area contributed by atoms with E-state index in [0.717, 1.165) is 17.4 Å². The molecular weight excluding hydrogens is 444 g/mol.